The number of hydrogen-bond acceptors (Lipinski definition) is 8. The van der Waals surface area contributed by atoms with Crippen molar-refractivity contribution in [2.24, 2.45) is 0 Å². The van der Waals surface area contributed by atoms with Crippen LogP contribution in [0.1, 0.15) is 18.1 Å². The average molecular weight is 447 g/mol. The van der Waals surface area contributed by atoms with Gasteiger partial charge in [-0.25, -0.2) is 9.89 Å². The summed E-state index contributed by atoms with van der Waals surface area (Å²) in [6.45, 7) is 5.34. The van der Waals surface area contributed by atoms with Crippen molar-refractivity contribution in [1.82, 2.24) is 15.5 Å². The van der Waals surface area contributed by atoms with Crippen molar-refractivity contribution in [2.75, 3.05) is 11.9 Å². The number of amides is 2. The Morgan fingerprint density at radius 1 is 1.18 bits per heavy atom. The lowest BCUT2D eigenvalue weighted by molar-refractivity contribution is -0.116. The summed E-state index contributed by atoms with van der Waals surface area (Å²) in [5.41, 5.74) is 1.48. The number of aromatic amines is 1. The maximum Gasteiger partial charge on any atom is 0.414 e. The third-order valence-corrected chi connectivity index (χ3v) is 4.56. The first-order valence-corrected chi connectivity index (χ1v) is 9.95. The van der Waals surface area contributed by atoms with Gasteiger partial charge in [0, 0.05) is 11.9 Å². The van der Waals surface area contributed by atoms with Crippen LogP contribution in [0.15, 0.2) is 53.0 Å². The minimum absolute atomic E-state index is 0.0975. The molecule has 1 heterocycles. The first-order chi connectivity index (χ1) is 15.8. The van der Waals surface area contributed by atoms with Crippen LogP contribution < -0.4 is 20.9 Å². The Labute approximate surface area is 188 Å². The third kappa shape index (κ3) is 5.34. The van der Waals surface area contributed by atoms with Gasteiger partial charge in [0.2, 0.25) is 5.88 Å². The summed E-state index contributed by atoms with van der Waals surface area (Å²) >= 11 is 0. The fourth-order valence-corrected chi connectivity index (χ4v) is 3.09. The number of fused-ring (bicyclic) bond motifs is 1. The molecule has 0 saturated heterocycles. The van der Waals surface area contributed by atoms with Gasteiger partial charge in [-0.2, -0.15) is 5.26 Å². The molecule has 0 saturated carbocycles. The van der Waals surface area contributed by atoms with Crippen LogP contribution in [0.2, 0.25) is 0 Å². The van der Waals surface area contributed by atoms with E-state index in [9.17, 15) is 19.6 Å². The molecule has 1 aromatic heterocycles. The first kappa shape index (κ1) is 23.0. The molecule has 168 valence electrons. The molecule has 3 rings (SSSR count). The Balaban J connectivity index is 1.82. The van der Waals surface area contributed by atoms with Crippen molar-refractivity contribution < 1.29 is 19.1 Å². The SMILES string of the molecule is CCOC(=O)NC(=O)/C(C#N)=C\Nc1cc(C)c(Oc2n[nH]c(=O)c3ccccc23)c(C)c1. The van der Waals surface area contributed by atoms with Gasteiger partial charge < -0.3 is 14.8 Å². The fourth-order valence-electron chi connectivity index (χ4n) is 3.09. The number of carbonyl (C=O) groups is 2. The summed E-state index contributed by atoms with van der Waals surface area (Å²) in [6.07, 6.45) is 0.264. The Kier molecular flexibility index (Phi) is 7.05. The smallest absolute Gasteiger partial charge is 0.414 e. The minimum atomic E-state index is -0.930. The van der Waals surface area contributed by atoms with Crippen LogP contribution >= 0.6 is 0 Å². The van der Waals surface area contributed by atoms with E-state index in [0.29, 0.717) is 22.2 Å². The second kappa shape index (κ2) is 10.1. The molecule has 33 heavy (non-hydrogen) atoms. The Bertz CT molecular complexity index is 1330. The largest absolute Gasteiger partial charge is 0.450 e. The van der Waals surface area contributed by atoms with Gasteiger partial charge in [0.1, 0.15) is 17.4 Å². The van der Waals surface area contributed by atoms with Crippen LogP contribution in [0, 0.1) is 25.2 Å². The molecule has 0 radical (unpaired) electrons. The average Bonchev–Trinajstić information content (AvgIpc) is 2.78. The molecule has 0 aliphatic rings. The zero-order valence-corrected chi connectivity index (χ0v) is 18.2. The summed E-state index contributed by atoms with van der Waals surface area (Å²) in [6, 6.07) is 12.2. The first-order valence-electron chi connectivity index (χ1n) is 9.95. The monoisotopic (exact) mass is 447 g/mol. The van der Waals surface area contributed by atoms with Gasteiger partial charge in [0.15, 0.2) is 0 Å². The van der Waals surface area contributed by atoms with Crippen molar-refractivity contribution >= 4 is 28.5 Å². The summed E-state index contributed by atoms with van der Waals surface area (Å²) in [7, 11) is 0. The maximum absolute atomic E-state index is 12.0. The topological polar surface area (TPSA) is 146 Å². The van der Waals surface area contributed by atoms with Gasteiger partial charge >= 0.3 is 6.09 Å². The van der Waals surface area contributed by atoms with E-state index in [-0.39, 0.29) is 23.6 Å². The number of benzene rings is 2. The van der Waals surface area contributed by atoms with Crippen molar-refractivity contribution in [3.8, 4) is 17.7 Å². The van der Waals surface area contributed by atoms with E-state index >= 15 is 0 Å². The summed E-state index contributed by atoms with van der Waals surface area (Å²) in [4.78, 5) is 35.4. The van der Waals surface area contributed by atoms with Gasteiger partial charge in [-0.1, -0.05) is 12.1 Å². The lowest BCUT2D eigenvalue weighted by atomic mass is 10.1. The normalized spacial score (nSPS) is 10.9. The van der Waals surface area contributed by atoms with Crippen LogP contribution in [-0.2, 0) is 9.53 Å². The van der Waals surface area contributed by atoms with E-state index in [2.05, 4.69) is 20.3 Å². The van der Waals surface area contributed by atoms with Gasteiger partial charge in [-0.05, 0) is 56.2 Å². The van der Waals surface area contributed by atoms with E-state index < -0.39 is 12.0 Å². The highest BCUT2D eigenvalue weighted by Crippen LogP contribution is 2.33. The molecule has 2 aromatic carbocycles. The standard InChI is InChI=1S/C23H21N5O5/c1-4-32-23(31)26-20(29)15(11-24)12-25-16-9-13(2)19(14(3)10-16)33-22-18-8-6-5-7-17(18)21(30)27-28-22/h5-10,12,25H,4H2,1-3H3,(H,27,30)(H,26,29,31)/b15-12-. The van der Waals surface area contributed by atoms with E-state index in [4.69, 9.17) is 4.74 Å². The number of hydrogen-bond donors (Lipinski definition) is 3. The molecule has 0 bridgehead atoms. The number of H-pyrrole nitrogens is 1. The van der Waals surface area contributed by atoms with E-state index in [1.807, 2.05) is 19.2 Å². The van der Waals surface area contributed by atoms with Crippen molar-refractivity contribution in [1.29, 1.82) is 5.26 Å². The van der Waals surface area contributed by atoms with Crippen LogP contribution in [0.25, 0.3) is 10.8 Å². The highest BCUT2D eigenvalue weighted by molar-refractivity contribution is 6.05. The maximum atomic E-state index is 12.0. The molecule has 2 amide bonds. The lowest BCUT2D eigenvalue weighted by Crippen LogP contribution is -2.32. The molecule has 0 aliphatic carbocycles. The van der Waals surface area contributed by atoms with Gasteiger partial charge in [-0.3, -0.25) is 14.9 Å². The minimum Gasteiger partial charge on any atom is -0.450 e. The molecule has 3 aromatic rings. The Morgan fingerprint density at radius 2 is 1.85 bits per heavy atom. The zero-order valence-electron chi connectivity index (χ0n) is 18.2. The number of nitrogens with one attached hydrogen (secondary N) is 3. The van der Waals surface area contributed by atoms with Crippen molar-refractivity contribution in [2.45, 2.75) is 20.8 Å². The second-order valence-electron chi connectivity index (χ2n) is 6.93. The molecule has 0 spiro atoms. The van der Waals surface area contributed by atoms with Crippen molar-refractivity contribution in [3.63, 3.8) is 0 Å². The van der Waals surface area contributed by atoms with E-state index in [1.165, 1.54) is 6.20 Å². The molecule has 0 atom stereocenters. The zero-order chi connectivity index (χ0) is 24.0. The van der Waals surface area contributed by atoms with Gasteiger partial charge in [0.05, 0.1) is 17.4 Å². The van der Waals surface area contributed by atoms with E-state index in [1.54, 1.807) is 49.4 Å². The number of carbonyl (C=O) groups excluding carboxylic acids is 2. The number of rotatable bonds is 6. The number of alkyl carbamates (subject to hydrolysis) is 1. The molecule has 0 unspecified atom stereocenters. The molecule has 3 N–H and O–H groups in total. The van der Waals surface area contributed by atoms with Crippen LogP contribution in [0.3, 0.4) is 0 Å². The highest BCUT2D eigenvalue weighted by atomic mass is 16.5. The van der Waals surface area contributed by atoms with Crippen molar-refractivity contribution in [3.05, 3.63) is 69.7 Å². The molecule has 10 nitrogen and oxygen atoms in total. The highest BCUT2D eigenvalue weighted by Gasteiger charge is 2.15. The number of nitrogens with zero attached hydrogens (tertiary/aromatic N) is 2. The predicted octanol–water partition coefficient (Wildman–Crippen LogP) is 3.42. The predicted molar refractivity (Wildman–Crippen MR) is 121 cm³/mol. The molecule has 10 heteroatoms. The summed E-state index contributed by atoms with van der Waals surface area (Å²) in [5, 5.41) is 21.6. The molecule has 0 fully saturated rings. The molecule has 0 aliphatic heterocycles. The van der Waals surface area contributed by atoms with Crippen LogP contribution in [0.5, 0.6) is 11.6 Å². The third-order valence-electron chi connectivity index (χ3n) is 4.56. The number of nitriles is 1. The number of aromatic nitrogens is 2. The number of aryl methyl sites for hydroxylation is 2. The molecular formula is C23H21N5O5. The van der Waals surface area contributed by atoms with E-state index in [0.717, 1.165) is 11.1 Å². The second-order valence-corrected chi connectivity index (χ2v) is 6.93. The van der Waals surface area contributed by atoms with Crippen LogP contribution in [0.4, 0.5) is 10.5 Å². The summed E-state index contributed by atoms with van der Waals surface area (Å²) in [5.74, 6) is -0.0675. The lowest BCUT2D eigenvalue weighted by Gasteiger charge is -2.14. The van der Waals surface area contributed by atoms with Gasteiger partial charge in [-0.15, -0.1) is 5.10 Å². The van der Waals surface area contributed by atoms with Crippen LogP contribution in [-0.4, -0.2) is 28.8 Å². The molecular weight excluding hydrogens is 426 g/mol. The van der Waals surface area contributed by atoms with Gasteiger partial charge in [0.25, 0.3) is 11.5 Å². The quantitative estimate of drug-likeness (QED) is 0.385. The Hall–Kier alpha value is -4.65. The number of ether oxygens (including phenoxy) is 2. The number of anilines is 1. The fraction of sp³-hybridized carbons (Fsp3) is 0.174. The Morgan fingerprint density at radius 3 is 2.48 bits per heavy atom. The summed E-state index contributed by atoms with van der Waals surface area (Å²) < 4.78 is 10.7. The number of imide groups is 1.